The fraction of sp³-hybridized carbons (Fsp3) is 0.429. The van der Waals surface area contributed by atoms with Crippen LogP contribution in [0.2, 0.25) is 0 Å². The molecule has 1 aliphatic rings. The number of carbonyl (C=O) groups excluding carboxylic acids is 2. The standard InChI is InChI=1S/C14H14F3NO3/c1-2-21-12-8-7-11(19)18(12)13(20)9-3-5-10(6-4-9)14(15,16)17/h3-6,12H,2,7-8H2,1H3. The number of ether oxygens (including phenoxy) is 1. The van der Waals surface area contributed by atoms with Crippen LogP contribution in [0.15, 0.2) is 24.3 Å². The fourth-order valence-electron chi connectivity index (χ4n) is 2.19. The van der Waals surface area contributed by atoms with Gasteiger partial charge in [0.2, 0.25) is 5.91 Å². The van der Waals surface area contributed by atoms with E-state index in [1.54, 1.807) is 6.92 Å². The summed E-state index contributed by atoms with van der Waals surface area (Å²) in [6.45, 7) is 2.08. The second-order valence-electron chi connectivity index (χ2n) is 4.59. The average molecular weight is 301 g/mol. The molecule has 0 N–H and O–H groups in total. The predicted molar refractivity (Wildman–Crippen MR) is 67.3 cm³/mol. The summed E-state index contributed by atoms with van der Waals surface area (Å²) in [5, 5.41) is 0. The molecule has 2 rings (SSSR count). The van der Waals surface area contributed by atoms with Gasteiger partial charge in [-0.1, -0.05) is 0 Å². The fourth-order valence-corrected chi connectivity index (χ4v) is 2.19. The van der Waals surface area contributed by atoms with Crippen LogP contribution in [0.25, 0.3) is 0 Å². The van der Waals surface area contributed by atoms with Gasteiger partial charge in [0.1, 0.15) is 6.23 Å². The van der Waals surface area contributed by atoms with Crippen molar-refractivity contribution in [2.75, 3.05) is 6.61 Å². The van der Waals surface area contributed by atoms with E-state index < -0.39 is 23.9 Å². The molecule has 1 fully saturated rings. The molecular weight excluding hydrogens is 287 g/mol. The first-order chi connectivity index (χ1) is 9.84. The third-order valence-corrected chi connectivity index (χ3v) is 3.20. The first-order valence-corrected chi connectivity index (χ1v) is 6.50. The van der Waals surface area contributed by atoms with Gasteiger partial charge >= 0.3 is 6.18 Å². The summed E-state index contributed by atoms with van der Waals surface area (Å²) in [5.74, 6) is -1.01. The zero-order chi connectivity index (χ0) is 15.6. The molecule has 1 aromatic carbocycles. The monoisotopic (exact) mass is 301 g/mol. The van der Waals surface area contributed by atoms with Crippen molar-refractivity contribution in [2.45, 2.75) is 32.2 Å². The van der Waals surface area contributed by atoms with E-state index in [9.17, 15) is 22.8 Å². The van der Waals surface area contributed by atoms with E-state index in [1.807, 2.05) is 0 Å². The molecule has 0 spiro atoms. The molecule has 0 aliphatic carbocycles. The van der Waals surface area contributed by atoms with E-state index in [0.717, 1.165) is 29.2 Å². The molecule has 1 unspecified atom stereocenters. The van der Waals surface area contributed by atoms with Crippen molar-refractivity contribution in [1.82, 2.24) is 4.90 Å². The Morgan fingerprint density at radius 1 is 1.33 bits per heavy atom. The molecule has 0 bridgehead atoms. The molecule has 7 heteroatoms. The Labute approximate surface area is 119 Å². The number of amides is 2. The van der Waals surface area contributed by atoms with Crippen LogP contribution in [-0.4, -0.2) is 29.5 Å². The van der Waals surface area contributed by atoms with Gasteiger partial charge in [-0.3, -0.25) is 14.5 Å². The number of nitrogens with zero attached hydrogens (tertiary/aromatic N) is 1. The minimum atomic E-state index is -4.46. The molecule has 1 heterocycles. The molecule has 114 valence electrons. The van der Waals surface area contributed by atoms with Crippen molar-refractivity contribution in [1.29, 1.82) is 0 Å². The molecule has 0 saturated carbocycles. The van der Waals surface area contributed by atoms with Gasteiger partial charge < -0.3 is 4.74 Å². The highest BCUT2D eigenvalue weighted by Gasteiger charge is 2.37. The van der Waals surface area contributed by atoms with Gasteiger partial charge in [-0.2, -0.15) is 13.2 Å². The summed E-state index contributed by atoms with van der Waals surface area (Å²) >= 11 is 0. The number of hydrogen-bond acceptors (Lipinski definition) is 3. The number of carbonyl (C=O) groups is 2. The van der Waals surface area contributed by atoms with Crippen molar-refractivity contribution >= 4 is 11.8 Å². The molecule has 0 radical (unpaired) electrons. The molecular formula is C14H14F3NO3. The Bertz CT molecular complexity index is 539. The maximum absolute atomic E-state index is 12.5. The number of likely N-dealkylation sites (tertiary alicyclic amines) is 1. The first kappa shape index (κ1) is 15.5. The summed E-state index contributed by atoms with van der Waals surface area (Å²) in [6.07, 6.45) is -4.51. The van der Waals surface area contributed by atoms with Crippen LogP contribution in [0, 0.1) is 0 Å². The summed E-state index contributed by atoms with van der Waals surface area (Å²) in [6, 6.07) is 3.78. The highest BCUT2D eigenvalue weighted by atomic mass is 19.4. The molecule has 1 atom stereocenters. The highest BCUT2D eigenvalue weighted by Crippen LogP contribution is 2.30. The number of imide groups is 1. The Morgan fingerprint density at radius 3 is 2.48 bits per heavy atom. The van der Waals surface area contributed by atoms with Gasteiger partial charge in [0.25, 0.3) is 5.91 Å². The molecule has 1 aromatic rings. The minimum Gasteiger partial charge on any atom is -0.358 e. The molecule has 1 saturated heterocycles. The number of benzene rings is 1. The van der Waals surface area contributed by atoms with Crippen molar-refractivity contribution in [3.8, 4) is 0 Å². The molecule has 1 aliphatic heterocycles. The molecule has 4 nitrogen and oxygen atoms in total. The van der Waals surface area contributed by atoms with Crippen LogP contribution in [0.3, 0.4) is 0 Å². The normalized spacial score (nSPS) is 19.1. The summed E-state index contributed by atoms with van der Waals surface area (Å²) < 4.78 is 42.7. The lowest BCUT2D eigenvalue weighted by atomic mass is 10.1. The summed E-state index contributed by atoms with van der Waals surface area (Å²) in [5.41, 5.74) is -0.809. The van der Waals surface area contributed by atoms with Crippen molar-refractivity contribution < 1.29 is 27.5 Å². The zero-order valence-corrected chi connectivity index (χ0v) is 11.3. The average Bonchev–Trinajstić information content (AvgIpc) is 2.79. The van der Waals surface area contributed by atoms with Crippen LogP contribution in [0.5, 0.6) is 0 Å². The highest BCUT2D eigenvalue weighted by molar-refractivity contribution is 6.05. The van der Waals surface area contributed by atoms with Gasteiger partial charge in [0, 0.05) is 25.0 Å². The second-order valence-corrected chi connectivity index (χ2v) is 4.59. The number of hydrogen-bond donors (Lipinski definition) is 0. The quantitative estimate of drug-likeness (QED) is 0.807. The van der Waals surface area contributed by atoms with E-state index in [1.165, 1.54) is 0 Å². The van der Waals surface area contributed by atoms with Crippen molar-refractivity contribution in [2.24, 2.45) is 0 Å². The maximum atomic E-state index is 12.5. The van der Waals surface area contributed by atoms with E-state index >= 15 is 0 Å². The Morgan fingerprint density at radius 2 is 1.95 bits per heavy atom. The van der Waals surface area contributed by atoms with Gasteiger partial charge in [-0.25, -0.2) is 0 Å². The minimum absolute atomic E-state index is 0.0305. The van der Waals surface area contributed by atoms with Crippen LogP contribution in [0.1, 0.15) is 35.7 Å². The van der Waals surface area contributed by atoms with Crippen LogP contribution in [-0.2, 0) is 15.7 Å². The smallest absolute Gasteiger partial charge is 0.358 e. The lowest BCUT2D eigenvalue weighted by molar-refractivity contribution is -0.137. The van der Waals surface area contributed by atoms with Crippen LogP contribution < -0.4 is 0 Å². The van der Waals surface area contributed by atoms with Gasteiger partial charge in [0.05, 0.1) is 5.56 Å². The summed E-state index contributed by atoms with van der Waals surface area (Å²) in [4.78, 5) is 25.0. The third kappa shape index (κ3) is 3.24. The van der Waals surface area contributed by atoms with Crippen LogP contribution >= 0.6 is 0 Å². The van der Waals surface area contributed by atoms with E-state index in [0.29, 0.717) is 13.0 Å². The lowest BCUT2D eigenvalue weighted by Gasteiger charge is -2.22. The lowest BCUT2D eigenvalue weighted by Crippen LogP contribution is -2.40. The van der Waals surface area contributed by atoms with Crippen molar-refractivity contribution in [3.05, 3.63) is 35.4 Å². The third-order valence-electron chi connectivity index (χ3n) is 3.20. The van der Waals surface area contributed by atoms with E-state index in [4.69, 9.17) is 4.74 Å². The largest absolute Gasteiger partial charge is 0.416 e. The maximum Gasteiger partial charge on any atom is 0.416 e. The Kier molecular flexibility index (Phi) is 4.32. The molecule has 0 aromatic heterocycles. The predicted octanol–water partition coefficient (Wildman–Crippen LogP) is 2.83. The number of rotatable bonds is 3. The Hall–Kier alpha value is -1.89. The van der Waals surface area contributed by atoms with Gasteiger partial charge in [-0.15, -0.1) is 0 Å². The van der Waals surface area contributed by atoms with Crippen LogP contribution in [0.4, 0.5) is 13.2 Å². The SMILES string of the molecule is CCOC1CCC(=O)N1C(=O)c1ccc(C(F)(F)F)cc1. The Balaban J connectivity index is 2.21. The zero-order valence-electron chi connectivity index (χ0n) is 11.3. The number of alkyl halides is 3. The van der Waals surface area contributed by atoms with Gasteiger partial charge in [-0.05, 0) is 31.2 Å². The van der Waals surface area contributed by atoms with Gasteiger partial charge in [0.15, 0.2) is 0 Å². The summed E-state index contributed by atoms with van der Waals surface area (Å²) in [7, 11) is 0. The number of halogens is 3. The topological polar surface area (TPSA) is 46.6 Å². The van der Waals surface area contributed by atoms with E-state index in [-0.39, 0.29) is 17.9 Å². The molecule has 2 amide bonds. The molecule has 21 heavy (non-hydrogen) atoms. The first-order valence-electron chi connectivity index (χ1n) is 6.50. The van der Waals surface area contributed by atoms with Crippen molar-refractivity contribution in [3.63, 3.8) is 0 Å². The second kappa shape index (κ2) is 5.85. The van der Waals surface area contributed by atoms with E-state index in [2.05, 4.69) is 0 Å².